The fourth-order valence-electron chi connectivity index (χ4n) is 3.98. The van der Waals surface area contributed by atoms with Gasteiger partial charge in [-0.3, -0.25) is 14.5 Å². The van der Waals surface area contributed by atoms with Gasteiger partial charge in [-0.1, -0.05) is 0 Å². The zero-order valence-corrected chi connectivity index (χ0v) is 16.1. The second-order valence-corrected chi connectivity index (χ2v) is 7.30. The van der Waals surface area contributed by atoms with E-state index >= 15 is 0 Å². The summed E-state index contributed by atoms with van der Waals surface area (Å²) in [5, 5.41) is 10.6. The fraction of sp³-hybridized carbons (Fsp3) is 0.273. The molecule has 29 heavy (non-hydrogen) atoms. The number of hydrogen-bond donors (Lipinski definition) is 2. The molecule has 1 fully saturated rings. The van der Waals surface area contributed by atoms with Crippen molar-refractivity contribution in [2.45, 2.75) is 13.0 Å². The first kappa shape index (κ1) is 19.1. The lowest BCUT2D eigenvalue weighted by Crippen LogP contribution is -2.49. The van der Waals surface area contributed by atoms with Crippen molar-refractivity contribution in [3.8, 4) is 0 Å². The van der Waals surface area contributed by atoms with Gasteiger partial charge in [-0.15, -0.1) is 0 Å². The molecule has 7 heteroatoms. The van der Waals surface area contributed by atoms with E-state index in [9.17, 15) is 19.1 Å². The van der Waals surface area contributed by atoms with Crippen LogP contribution in [0.1, 0.15) is 28.9 Å². The number of nitrogens with zero attached hydrogens (tertiary/aromatic N) is 2. The van der Waals surface area contributed by atoms with Gasteiger partial charge >= 0.3 is 5.97 Å². The first-order valence-corrected chi connectivity index (χ1v) is 9.53. The Hall–Kier alpha value is -3.19. The van der Waals surface area contributed by atoms with Crippen molar-refractivity contribution in [1.29, 1.82) is 0 Å². The average molecular weight is 395 g/mol. The molecule has 1 aliphatic heterocycles. The molecule has 0 amide bonds. The largest absolute Gasteiger partial charge is 0.480 e. The number of aromatic nitrogens is 1. The van der Waals surface area contributed by atoms with Crippen molar-refractivity contribution in [3.63, 3.8) is 0 Å². The van der Waals surface area contributed by atoms with E-state index in [0.717, 1.165) is 11.1 Å². The molecule has 2 N–H and O–H groups in total. The van der Waals surface area contributed by atoms with Gasteiger partial charge in [-0.25, -0.2) is 4.39 Å². The molecule has 1 atom stereocenters. The van der Waals surface area contributed by atoms with Gasteiger partial charge < -0.3 is 15.0 Å². The molecule has 1 saturated heterocycles. The lowest BCUT2D eigenvalue weighted by atomic mass is 10.0. The van der Waals surface area contributed by atoms with Gasteiger partial charge in [0.05, 0.1) is 0 Å². The van der Waals surface area contributed by atoms with Crippen molar-refractivity contribution in [1.82, 2.24) is 9.88 Å². The van der Waals surface area contributed by atoms with Gasteiger partial charge in [0.1, 0.15) is 11.9 Å². The van der Waals surface area contributed by atoms with E-state index in [0.29, 0.717) is 42.8 Å². The van der Waals surface area contributed by atoms with Crippen LogP contribution in [0.2, 0.25) is 0 Å². The number of anilines is 1. The summed E-state index contributed by atoms with van der Waals surface area (Å²) in [6.45, 7) is 4.07. The van der Waals surface area contributed by atoms with E-state index < -0.39 is 12.0 Å². The van der Waals surface area contributed by atoms with Gasteiger partial charge in [-0.05, 0) is 49.4 Å². The molecule has 6 nitrogen and oxygen atoms in total. The molecule has 3 aromatic rings. The van der Waals surface area contributed by atoms with Crippen LogP contribution in [0.15, 0.2) is 48.7 Å². The molecule has 2 heterocycles. The number of rotatable bonds is 5. The Balaban J connectivity index is 1.52. The summed E-state index contributed by atoms with van der Waals surface area (Å²) >= 11 is 0. The average Bonchev–Trinajstić information content (AvgIpc) is 3.11. The standard InChI is InChI=1S/C22H22FN3O3/c1-14(27)15-2-5-17(6-3-15)25-8-10-26(11-9-25)21(22(28)29)19-13-24-20-12-16(23)4-7-18(19)20/h2-7,12-13,21,24H,8-11H2,1H3,(H,28,29)/t21-/m0/s1. The number of halogens is 1. The van der Waals surface area contributed by atoms with Crippen molar-refractivity contribution in [2.75, 3.05) is 31.1 Å². The first-order valence-electron chi connectivity index (χ1n) is 9.53. The summed E-state index contributed by atoms with van der Waals surface area (Å²) in [6, 6.07) is 11.0. The van der Waals surface area contributed by atoms with Crippen LogP contribution in [-0.2, 0) is 4.79 Å². The number of Topliss-reactive ketones (excluding diaryl/α,β-unsaturated/α-hetero) is 1. The number of H-pyrrole nitrogens is 1. The number of carbonyl (C=O) groups excluding carboxylic acids is 1. The summed E-state index contributed by atoms with van der Waals surface area (Å²) in [6.07, 6.45) is 1.66. The molecule has 0 radical (unpaired) electrons. The van der Waals surface area contributed by atoms with E-state index in [1.54, 1.807) is 19.2 Å². The molecule has 1 aromatic heterocycles. The van der Waals surface area contributed by atoms with E-state index in [1.165, 1.54) is 12.1 Å². The number of benzene rings is 2. The Bertz CT molecular complexity index is 1050. The Morgan fingerprint density at radius 3 is 2.38 bits per heavy atom. The highest BCUT2D eigenvalue weighted by Gasteiger charge is 2.32. The summed E-state index contributed by atoms with van der Waals surface area (Å²) < 4.78 is 13.5. The lowest BCUT2D eigenvalue weighted by molar-refractivity contribution is -0.143. The monoisotopic (exact) mass is 395 g/mol. The van der Waals surface area contributed by atoms with Crippen LogP contribution < -0.4 is 4.90 Å². The topological polar surface area (TPSA) is 76.6 Å². The number of fused-ring (bicyclic) bond motifs is 1. The third kappa shape index (κ3) is 3.73. The molecule has 0 aliphatic carbocycles. The number of aromatic amines is 1. The van der Waals surface area contributed by atoms with Crippen LogP contribution in [0.3, 0.4) is 0 Å². The van der Waals surface area contributed by atoms with E-state index in [1.807, 2.05) is 29.2 Å². The van der Waals surface area contributed by atoms with Crippen molar-refractivity contribution >= 4 is 28.3 Å². The molecule has 0 bridgehead atoms. The number of aliphatic carboxylic acids is 1. The minimum Gasteiger partial charge on any atom is -0.480 e. The van der Waals surface area contributed by atoms with Gasteiger partial charge in [0, 0.05) is 60.1 Å². The minimum absolute atomic E-state index is 0.0317. The molecule has 0 spiro atoms. The zero-order valence-electron chi connectivity index (χ0n) is 16.1. The smallest absolute Gasteiger partial charge is 0.325 e. The zero-order chi connectivity index (χ0) is 20.5. The number of nitrogens with one attached hydrogen (secondary N) is 1. The molecule has 0 saturated carbocycles. The van der Waals surface area contributed by atoms with Crippen LogP contribution in [0.25, 0.3) is 10.9 Å². The highest BCUT2D eigenvalue weighted by molar-refractivity contribution is 5.94. The maximum atomic E-state index is 13.5. The SMILES string of the molecule is CC(=O)c1ccc(N2CCN([C@H](C(=O)O)c3c[nH]c4cc(F)ccc34)CC2)cc1. The van der Waals surface area contributed by atoms with Gasteiger partial charge in [0.15, 0.2) is 5.78 Å². The van der Waals surface area contributed by atoms with Crippen LogP contribution in [0.4, 0.5) is 10.1 Å². The minimum atomic E-state index is -0.922. The molecule has 4 rings (SSSR count). The highest BCUT2D eigenvalue weighted by atomic mass is 19.1. The summed E-state index contributed by atoms with van der Waals surface area (Å²) in [5.74, 6) is -1.25. The Morgan fingerprint density at radius 1 is 1.07 bits per heavy atom. The molecular formula is C22H22FN3O3. The third-order valence-corrected chi connectivity index (χ3v) is 5.52. The van der Waals surface area contributed by atoms with Crippen LogP contribution in [-0.4, -0.2) is 52.9 Å². The number of carboxylic acid groups (broad SMARTS) is 1. The normalized spacial score (nSPS) is 16.1. The summed E-state index contributed by atoms with van der Waals surface area (Å²) in [5.41, 5.74) is 2.93. The second kappa shape index (κ2) is 7.67. The predicted octanol–water partition coefficient (Wildman–Crippen LogP) is 3.46. The van der Waals surface area contributed by atoms with Crippen molar-refractivity contribution in [3.05, 3.63) is 65.6 Å². The second-order valence-electron chi connectivity index (χ2n) is 7.30. The number of carbonyl (C=O) groups is 2. The van der Waals surface area contributed by atoms with E-state index in [2.05, 4.69) is 9.88 Å². The summed E-state index contributed by atoms with van der Waals surface area (Å²) in [7, 11) is 0. The lowest BCUT2D eigenvalue weighted by Gasteiger charge is -2.38. The quantitative estimate of drug-likeness (QED) is 0.647. The highest BCUT2D eigenvalue weighted by Crippen LogP contribution is 2.30. The molecule has 1 aliphatic rings. The van der Waals surface area contributed by atoms with Gasteiger partial charge in [-0.2, -0.15) is 0 Å². The molecular weight excluding hydrogens is 373 g/mol. The van der Waals surface area contributed by atoms with E-state index in [4.69, 9.17) is 0 Å². The molecule has 2 aromatic carbocycles. The fourth-order valence-corrected chi connectivity index (χ4v) is 3.98. The van der Waals surface area contributed by atoms with Gasteiger partial charge in [0.2, 0.25) is 0 Å². The predicted molar refractivity (Wildman–Crippen MR) is 109 cm³/mol. The number of carboxylic acids is 1. The van der Waals surface area contributed by atoms with Crippen LogP contribution in [0, 0.1) is 5.82 Å². The Labute approximate surface area is 167 Å². The molecule has 0 unspecified atom stereocenters. The summed E-state index contributed by atoms with van der Waals surface area (Å²) in [4.78, 5) is 30.6. The molecule has 150 valence electrons. The Morgan fingerprint density at radius 2 is 1.76 bits per heavy atom. The van der Waals surface area contributed by atoms with Crippen LogP contribution >= 0.6 is 0 Å². The van der Waals surface area contributed by atoms with Crippen molar-refractivity contribution in [2.24, 2.45) is 0 Å². The third-order valence-electron chi connectivity index (χ3n) is 5.52. The number of ketones is 1. The van der Waals surface area contributed by atoms with Gasteiger partial charge in [0.25, 0.3) is 0 Å². The number of hydrogen-bond acceptors (Lipinski definition) is 4. The van der Waals surface area contributed by atoms with Crippen LogP contribution in [0.5, 0.6) is 0 Å². The van der Waals surface area contributed by atoms with Crippen molar-refractivity contribution < 1.29 is 19.1 Å². The maximum Gasteiger partial charge on any atom is 0.325 e. The maximum absolute atomic E-state index is 13.5. The number of piperazine rings is 1. The van der Waals surface area contributed by atoms with E-state index in [-0.39, 0.29) is 11.6 Å². The first-order chi connectivity index (χ1) is 13.9. The Kier molecular flexibility index (Phi) is 5.07.